The molecule has 0 spiro atoms. The predicted octanol–water partition coefficient (Wildman–Crippen LogP) is 2.20. The molecule has 136 valence electrons. The first-order valence-electron chi connectivity index (χ1n) is 7.84. The first-order valence-corrected chi connectivity index (χ1v) is 9.32. The molecule has 2 aromatic carbocycles. The van der Waals surface area contributed by atoms with Gasteiger partial charge in [-0.1, -0.05) is 0 Å². The number of aromatic nitrogens is 1. The molecule has 1 heterocycles. The van der Waals surface area contributed by atoms with E-state index in [0.29, 0.717) is 16.8 Å². The molecule has 0 aliphatic rings. The SMILES string of the molecule is COc1ccc2cc(CCNS(=O)(=O)c3ccc(F)cc3)c(=O)[nH]c2c1. The van der Waals surface area contributed by atoms with Crippen LogP contribution in [0.3, 0.4) is 0 Å². The maximum atomic E-state index is 12.9. The highest BCUT2D eigenvalue weighted by Crippen LogP contribution is 2.18. The van der Waals surface area contributed by atoms with Crippen molar-refractivity contribution in [2.45, 2.75) is 11.3 Å². The van der Waals surface area contributed by atoms with E-state index in [4.69, 9.17) is 4.74 Å². The van der Waals surface area contributed by atoms with E-state index in [1.165, 1.54) is 12.1 Å². The molecule has 0 saturated carbocycles. The zero-order valence-electron chi connectivity index (χ0n) is 14.0. The highest BCUT2D eigenvalue weighted by atomic mass is 32.2. The van der Waals surface area contributed by atoms with Gasteiger partial charge in [-0.2, -0.15) is 0 Å². The fourth-order valence-electron chi connectivity index (χ4n) is 2.56. The Labute approximate surface area is 149 Å². The van der Waals surface area contributed by atoms with Gasteiger partial charge in [0.1, 0.15) is 11.6 Å². The number of fused-ring (bicyclic) bond motifs is 1. The van der Waals surface area contributed by atoms with Gasteiger partial charge in [-0.25, -0.2) is 17.5 Å². The van der Waals surface area contributed by atoms with Gasteiger partial charge in [-0.05, 0) is 54.3 Å². The van der Waals surface area contributed by atoms with Crippen LogP contribution in [-0.2, 0) is 16.4 Å². The maximum Gasteiger partial charge on any atom is 0.251 e. The van der Waals surface area contributed by atoms with Gasteiger partial charge >= 0.3 is 0 Å². The second-order valence-corrected chi connectivity index (χ2v) is 7.45. The molecule has 3 rings (SSSR count). The standard InChI is InChI=1S/C18H17FN2O4S/c1-25-15-5-2-12-10-13(18(22)21-17(12)11-15)8-9-20-26(23,24)16-6-3-14(19)4-7-16/h2-7,10-11,20H,8-9H2,1H3,(H,21,22). The van der Waals surface area contributed by atoms with Crippen molar-refractivity contribution in [1.82, 2.24) is 9.71 Å². The molecule has 0 saturated heterocycles. The van der Waals surface area contributed by atoms with Crippen LogP contribution in [0.2, 0.25) is 0 Å². The first-order chi connectivity index (χ1) is 12.4. The Bertz CT molecular complexity index is 1090. The van der Waals surface area contributed by atoms with E-state index in [1.54, 1.807) is 25.3 Å². The van der Waals surface area contributed by atoms with Crippen LogP contribution in [0.5, 0.6) is 5.75 Å². The smallest absolute Gasteiger partial charge is 0.251 e. The van der Waals surface area contributed by atoms with Crippen molar-refractivity contribution in [3.05, 3.63) is 70.3 Å². The molecule has 0 aliphatic heterocycles. The molecule has 6 nitrogen and oxygen atoms in total. The second kappa shape index (κ2) is 7.27. The van der Waals surface area contributed by atoms with Gasteiger partial charge in [0.05, 0.1) is 17.5 Å². The van der Waals surface area contributed by atoms with Crippen LogP contribution in [0.1, 0.15) is 5.56 Å². The average Bonchev–Trinajstić information content (AvgIpc) is 2.62. The Morgan fingerprint density at radius 3 is 2.54 bits per heavy atom. The second-order valence-electron chi connectivity index (χ2n) is 5.68. The van der Waals surface area contributed by atoms with Crippen molar-refractivity contribution in [1.29, 1.82) is 0 Å². The van der Waals surface area contributed by atoms with Crippen molar-refractivity contribution < 1.29 is 17.5 Å². The number of benzene rings is 2. The lowest BCUT2D eigenvalue weighted by Crippen LogP contribution is -2.27. The molecule has 0 aliphatic carbocycles. The minimum Gasteiger partial charge on any atom is -0.497 e. The van der Waals surface area contributed by atoms with Crippen molar-refractivity contribution in [3.63, 3.8) is 0 Å². The summed E-state index contributed by atoms with van der Waals surface area (Å²) in [5, 5.41) is 0.821. The minimum absolute atomic E-state index is 0.0292. The maximum absolute atomic E-state index is 12.9. The lowest BCUT2D eigenvalue weighted by molar-refractivity contribution is 0.415. The fraction of sp³-hybridized carbons (Fsp3) is 0.167. The Hall–Kier alpha value is -2.71. The summed E-state index contributed by atoms with van der Waals surface area (Å²) in [6, 6.07) is 11.6. The number of nitrogens with one attached hydrogen (secondary N) is 2. The zero-order chi connectivity index (χ0) is 18.7. The summed E-state index contributed by atoms with van der Waals surface area (Å²) in [5.74, 6) is 0.122. The minimum atomic E-state index is -3.76. The number of pyridine rings is 1. The van der Waals surface area contributed by atoms with E-state index in [-0.39, 0.29) is 23.4 Å². The third-order valence-corrected chi connectivity index (χ3v) is 5.42. The van der Waals surface area contributed by atoms with E-state index < -0.39 is 15.8 Å². The summed E-state index contributed by atoms with van der Waals surface area (Å²) in [5.41, 5.74) is 0.821. The first kappa shape index (κ1) is 18.1. The number of H-pyrrole nitrogens is 1. The van der Waals surface area contributed by atoms with Gasteiger partial charge in [-0.3, -0.25) is 4.79 Å². The number of methoxy groups -OCH3 is 1. The van der Waals surface area contributed by atoms with Gasteiger partial charge in [0.15, 0.2) is 0 Å². The van der Waals surface area contributed by atoms with Gasteiger partial charge in [0, 0.05) is 18.2 Å². The molecule has 0 amide bonds. The molecule has 26 heavy (non-hydrogen) atoms. The van der Waals surface area contributed by atoms with Crippen LogP contribution in [0, 0.1) is 5.82 Å². The van der Waals surface area contributed by atoms with Crippen molar-refractivity contribution in [3.8, 4) is 5.75 Å². The van der Waals surface area contributed by atoms with E-state index in [0.717, 1.165) is 17.5 Å². The summed E-state index contributed by atoms with van der Waals surface area (Å²) in [4.78, 5) is 14.9. The van der Waals surface area contributed by atoms with E-state index >= 15 is 0 Å². The zero-order valence-corrected chi connectivity index (χ0v) is 14.8. The van der Waals surface area contributed by atoms with E-state index in [2.05, 4.69) is 9.71 Å². The molecule has 0 bridgehead atoms. The van der Waals surface area contributed by atoms with Crippen LogP contribution >= 0.6 is 0 Å². The number of hydrogen-bond acceptors (Lipinski definition) is 4. The summed E-state index contributed by atoms with van der Waals surface area (Å²) < 4.78 is 44.8. The van der Waals surface area contributed by atoms with Gasteiger partial charge in [-0.15, -0.1) is 0 Å². The molecule has 1 aromatic heterocycles. The van der Waals surface area contributed by atoms with E-state index in [9.17, 15) is 17.6 Å². The average molecular weight is 376 g/mol. The number of rotatable bonds is 6. The van der Waals surface area contributed by atoms with Crippen LogP contribution in [-0.4, -0.2) is 27.1 Å². The Morgan fingerprint density at radius 2 is 1.85 bits per heavy atom. The molecule has 0 unspecified atom stereocenters. The topological polar surface area (TPSA) is 88.3 Å². The van der Waals surface area contributed by atoms with Gasteiger partial charge in [0.25, 0.3) is 5.56 Å². The normalized spacial score (nSPS) is 11.6. The molecular weight excluding hydrogens is 359 g/mol. The molecule has 0 fully saturated rings. The Balaban J connectivity index is 1.74. The number of ether oxygens (including phenoxy) is 1. The van der Waals surface area contributed by atoms with Gasteiger partial charge in [0.2, 0.25) is 10.0 Å². The summed E-state index contributed by atoms with van der Waals surface area (Å²) in [6.07, 6.45) is 0.220. The molecular formula is C18H17FN2O4S. The lowest BCUT2D eigenvalue weighted by atomic mass is 10.1. The van der Waals surface area contributed by atoms with Crippen LogP contribution in [0.4, 0.5) is 4.39 Å². The summed E-state index contributed by atoms with van der Waals surface area (Å²) in [6.45, 7) is 0.0461. The number of sulfonamides is 1. The van der Waals surface area contributed by atoms with Crippen LogP contribution in [0.15, 0.2) is 58.2 Å². The largest absolute Gasteiger partial charge is 0.497 e. The summed E-state index contributed by atoms with van der Waals surface area (Å²) >= 11 is 0. The number of halogens is 1. The fourth-order valence-corrected chi connectivity index (χ4v) is 3.59. The molecule has 0 atom stereocenters. The summed E-state index contributed by atoms with van der Waals surface area (Å²) in [7, 11) is -2.21. The third kappa shape index (κ3) is 3.92. The highest BCUT2D eigenvalue weighted by molar-refractivity contribution is 7.89. The van der Waals surface area contributed by atoms with E-state index in [1.807, 2.05) is 6.07 Å². The molecule has 2 N–H and O–H groups in total. The Morgan fingerprint density at radius 1 is 1.12 bits per heavy atom. The third-order valence-electron chi connectivity index (χ3n) is 3.94. The monoisotopic (exact) mass is 376 g/mol. The quantitative estimate of drug-likeness (QED) is 0.690. The molecule has 3 aromatic rings. The predicted molar refractivity (Wildman–Crippen MR) is 96.4 cm³/mol. The molecule has 8 heteroatoms. The molecule has 0 radical (unpaired) electrons. The lowest BCUT2D eigenvalue weighted by Gasteiger charge is -2.08. The van der Waals surface area contributed by atoms with Crippen LogP contribution < -0.4 is 15.0 Å². The number of aromatic amines is 1. The highest BCUT2D eigenvalue weighted by Gasteiger charge is 2.14. The van der Waals surface area contributed by atoms with Crippen molar-refractivity contribution >= 4 is 20.9 Å². The number of hydrogen-bond donors (Lipinski definition) is 2. The van der Waals surface area contributed by atoms with Crippen molar-refractivity contribution in [2.24, 2.45) is 0 Å². The van der Waals surface area contributed by atoms with Crippen LogP contribution in [0.25, 0.3) is 10.9 Å². The Kier molecular flexibility index (Phi) is 5.06. The van der Waals surface area contributed by atoms with Gasteiger partial charge < -0.3 is 9.72 Å². The van der Waals surface area contributed by atoms with Crippen molar-refractivity contribution in [2.75, 3.05) is 13.7 Å².